The van der Waals surface area contributed by atoms with Gasteiger partial charge in [0, 0.05) is 22.3 Å². The van der Waals surface area contributed by atoms with Crippen molar-refractivity contribution in [3.8, 4) is 30.3 Å². The zero-order valence-corrected chi connectivity index (χ0v) is 23.3. The fraction of sp³-hybridized carbons (Fsp3) is 0.121. The van der Waals surface area contributed by atoms with Crippen LogP contribution in [0.5, 0.6) is 0 Å². The van der Waals surface area contributed by atoms with Crippen LogP contribution in [0.1, 0.15) is 57.0 Å². The van der Waals surface area contributed by atoms with Crippen LogP contribution in [0.25, 0.3) is 16.7 Å². The van der Waals surface area contributed by atoms with E-state index in [1.807, 2.05) is 0 Å². The summed E-state index contributed by atoms with van der Waals surface area (Å²) in [6.45, 7) is 1.31. The molecule has 3 aromatic carbocycles. The monoisotopic (exact) mass is 649 g/mol. The van der Waals surface area contributed by atoms with Gasteiger partial charge < -0.3 is 0 Å². The van der Waals surface area contributed by atoms with E-state index in [1.54, 1.807) is 30.3 Å². The van der Waals surface area contributed by atoms with Gasteiger partial charge in [0.1, 0.15) is 12.1 Å². The number of halogens is 9. The zero-order valence-electron chi connectivity index (χ0n) is 23.3. The maximum Gasteiger partial charge on any atom is 0.416 e. The number of alkyl halides is 9. The van der Waals surface area contributed by atoms with Gasteiger partial charge in [-0.3, -0.25) is 0 Å². The van der Waals surface area contributed by atoms with Crippen molar-refractivity contribution in [2.45, 2.75) is 25.5 Å². The molecule has 0 spiro atoms. The van der Waals surface area contributed by atoms with E-state index >= 15 is 0 Å². The zero-order chi connectivity index (χ0) is 35.1. The normalized spacial score (nSPS) is 15.0. The first kappa shape index (κ1) is 33.6. The summed E-state index contributed by atoms with van der Waals surface area (Å²) in [6.07, 6.45) is -14.6. The third kappa shape index (κ3) is 6.29. The number of nitriles is 5. The standard InChI is InChI=1S/C33H12F9N5/c1-16(23-5-2-20(31(34,35)36)8-17(23)11-43)28-29(26(14-46)24-6-3-21(32(37,38)39)9-18(24)12-44)30(28)27(15-47)25-7-4-22(33(40,41)42)10-19(25)13-45/h2-10H,1H3. The van der Waals surface area contributed by atoms with Crippen molar-refractivity contribution in [3.05, 3.63) is 121 Å². The van der Waals surface area contributed by atoms with Crippen molar-refractivity contribution in [1.29, 1.82) is 26.3 Å². The highest BCUT2D eigenvalue weighted by Gasteiger charge is 2.42. The molecule has 0 saturated heterocycles. The summed E-state index contributed by atoms with van der Waals surface area (Å²) in [5.74, 6) is 0. The molecular weight excluding hydrogens is 637 g/mol. The van der Waals surface area contributed by atoms with Crippen molar-refractivity contribution in [2.24, 2.45) is 0 Å². The number of allylic oxidation sites excluding steroid dienone is 6. The van der Waals surface area contributed by atoms with Crippen molar-refractivity contribution in [2.75, 3.05) is 0 Å². The Morgan fingerprint density at radius 2 is 0.766 bits per heavy atom. The molecule has 0 heterocycles. The Kier molecular flexibility index (Phi) is 8.50. The minimum Gasteiger partial charge on any atom is -0.192 e. The van der Waals surface area contributed by atoms with Gasteiger partial charge in [-0.25, -0.2) is 0 Å². The molecule has 0 unspecified atom stereocenters. The highest BCUT2D eigenvalue weighted by Crippen LogP contribution is 2.56. The molecule has 0 radical (unpaired) electrons. The molecule has 0 bridgehead atoms. The number of hydrogen-bond donors (Lipinski definition) is 0. The van der Waals surface area contributed by atoms with Gasteiger partial charge in [0.05, 0.1) is 62.7 Å². The molecule has 0 aliphatic heterocycles. The molecule has 1 aliphatic rings. The fourth-order valence-electron chi connectivity index (χ4n) is 4.90. The summed E-state index contributed by atoms with van der Waals surface area (Å²) in [5, 5.41) is 49.3. The second-order valence-corrected chi connectivity index (χ2v) is 9.83. The summed E-state index contributed by atoms with van der Waals surface area (Å²) >= 11 is 0. The minimum atomic E-state index is -4.86. The van der Waals surface area contributed by atoms with Crippen LogP contribution >= 0.6 is 0 Å². The lowest BCUT2D eigenvalue weighted by Crippen LogP contribution is -2.06. The Morgan fingerprint density at radius 1 is 0.468 bits per heavy atom. The minimum absolute atomic E-state index is 0.0108. The molecule has 4 rings (SSSR count). The molecule has 232 valence electrons. The maximum atomic E-state index is 13.4. The topological polar surface area (TPSA) is 119 Å². The molecule has 0 aromatic heterocycles. The quantitative estimate of drug-likeness (QED) is 0.207. The Morgan fingerprint density at radius 3 is 1.04 bits per heavy atom. The third-order valence-electron chi connectivity index (χ3n) is 7.13. The smallest absolute Gasteiger partial charge is 0.192 e. The molecule has 0 atom stereocenters. The van der Waals surface area contributed by atoms with Crippen LogP contribution in [0, 0.1) is 56.7 Å². The summed E-state index contributed by atoms with van der Waals surface area (Å²) in [7, 11) is 0. The first-order valence-corrected chi connectivity index (χ1v) is 12.8. The molecule has 1 aliphatic carbocycles. The van der Waals surface area contributed by atoms with Crippen molar-refractivity contribution in [3.63, 3.8) is 0 Å². The van der Waals surface area contributed by atoms with Gasteiger partial charge in [-0.1, -0.05) is 18.2 Å². The predicted octanol–water partition coefficient (Wildman–Crippen LogP) is 9.10. The number of rotatable bonds is 3. The van der Waals surface area contributed by atoms with Crippen molar-refractivity contribution in [1.82, 2.24) is 0 Å². The number of benzene rings is 3. The SMILES string of the molecule is CC(=C1C(=C(C#N)c2ccc(C(F)(F)F)cc2C#N)C1=C(C#N)c1ccc(C(F)(F)F)cc1C#N)c1ccc(C(F)(F)F)cc1C#N. The third-order valence-corrected chi connectivity index (χ3v) is 7.13. The molecule has 14 heteroatoms. The largest absolute Gasteiger partial charge is 0.416 e. The molecule has 5 nitrogen and oxygen atoms in total. The molecular formula is C33H12F9N5. The van der Waals surface area contributed by atoms with E-state index in [2.05, 4.69) is 0 Å². The Hall–Kier alpha value is -6.30. The second-order valence-electron chi connectivity index (χ2n) is 9.83. The van der Waals surface area contributed by atoms with Crippen LogP contribution in [-0.2, 0) is 18.5 Å². The summed E-state index contributed by atoms with van der Waals surface area (Å²) in [4.78, 5) is 0. The van der Waals surface area contributed by atoms with Gasteiger partial charge in [0.25, 0.3) is 0 Å². The second kappa shape index (κ2) is 11.9. The van der Waals surface area contributed by atoms with Gasteiger partial charge in [-0.05, 0) is 60.0 Å². The van der Waals surface area contributed by atoms with Crippen LogP contribution < -0.4 is 0 Å². The summed E-state index contributed by atoms with van der Waals surface area (Å²) < 4.78 is 120. The highest BCUT2D eigenvalue weighted by molar-refractivity contribution is 6.11. The van der Waals surface area contributed by atoms with Crippen molar-refractivity contribution >= 4 is 16.7 Å². The Balaban J connectivity index is 2.15. The van der Waals surface area contributed by atoms with Gasteiger partial charge in [0.2, 0.25) is 0 Å². The molecule has 0 amide bonds. The molecule has 47 heavy (non-hydrogen) atoms. The van der Waals surface area contributed by atoms with Crippen LogP contribution in [0.3, 0.4) is 0 Å². The fourth-order valence-corrected chi connectivity index (χ4v) is 4.90. The van der Waals surface area contributed by atoms with E-state index in [0.717, 1.165) is 18.2 Å². The lowest BCUT2D eigenvalue weighted by molar-refractivity contribution is -0.138. The van der Waals surface area contributed by atoms with Crippen LogP contribution in [0.15, 0.2) is 71.3 Å². The maximum absolute atomic E-state index is 13.4. The molecule has 3 aromatic rings. The van der Waals surface area contributed by atoms with E-state index in [9.17, 15) is 65.8 Å². The molecule has 1 fully saturated rings. The summed E-state index contributed by atoms with van der Waals surface area (Å²) in [5.41, 5.74) is -7.35. The molecule has 1 saturated carbocycles. The van der Waals surface area contributed by atoms with Gasteiger partial charge in [-0.2, -0.15) is 65.8 Å². The van der Waals surface area contributed by atoms with Crippen LogP contribution in [0.4, 0.5) is 39.5 Å². The molecule has 0 N–H and O–H groups in total. The Labute approximate surface area is 259 Å². The van der Waals surface area contributed by atoms with Gasteiger partial charge >= 0.3 is 18.5 Å². The van der Waals surface area contributed by atoms with Gasteiger partial charge in [-0.15, -0.1) is 0 Å². The van der Waals surface area contributed by atoms with E-state index in [0.29, 0.717) is 36.4 Å². The number of hydrogen-bond acceptors (Lipinski definition) is 5. The average molecular weight is 649 g/mol. The van der Waals surface area contributed by atoms with Crippen LogP contribution in [-0.4, -0.2) is 0 Å². The Bertz CT molecular complexity index is 2050. The van der Waals surface area contributed by atoms with Crippen molar-refractivity contribution < 1.29 is 39.5 Å². The predicted molar refractivity (Wildman–Crippen MR) is 146 cm³/mol. The first-order valence-electron chi connectivity index (χ1n) is 12.8. The first-order chi connectivity index (χ1) is 21.9. The van der Waals surface area contributed by atoms with E-state index in [-0.39, 0.29) is 39.0 Å². The lowest BCUT2D eigenvalue weighted by Gasteiger charge is -2.10. The van der Waals surface area contributed by atoms with E-state index < -0.39 is 63.1 Å². The number of nitrogens with zero attached hydrogens (tertiary/aromatic N) is 5. The highest BCUT2D eigenvalue weighted by atomic mass is 19.4. The van der Waals surface area contributed by atoms with E-state index in [1.165, 1.54) is 6.92 Å². The lowest BCUT2D eigenvalue weighted by atomic mass is 9.96. The van der Waals surface area contributed by atoms with Crippen LogP contribution in [0.2, 0.25) is 0 Å². The van der Waals surface area contributed by atoms with Gasteiger partial charge in [0.15, 0.2) is 0 Å². The average Bonchev–Trinajstić information content (AvgIpc) is 3.74. The van der Waals surface area contributed by atoms with E-state index in [4.69, 9.17) is 0 Å². The summed E-state index contributed by atoms with van der Waals surface area (Å²) in [6, 6.07) is 14.3.